The van der Waals surface area contributed by atoms with Crippen molar-refractivity contribution in [2.24, 2.45) is 5.92 Å². The molecule has 0 spiro atoms. The number of nitrogen functional groups attached to an aromatic ring is 1. The molecule has 1 heterocycles. The number of nitrogens with zero attached hydrogens (tertiary/aromatic N) is 2. The zero-order chi connectivity index (χ0) is 22.7. The molecule has 1 aliphatic rings. The molecule has 2 aromatic rings. The summed E-state index contributed by atoms with van der Waals surface area (Å²) in [5.74, 6) is 0.532. The molecule has 172 valence electrons. The van der Waals surface area contributed by atoms with Gasteiger partial charge in [-0.1, -0.05) is 32.1 Å². The third-order valence-electron chi connectivity index (χ3n) is 6.45. The lowest BCUT2D eigenvalue weighted by Gasteiger charge is -2.24. The third kappa shape index (κ3) is 5.01. The molecule has 3 atom stereocenters. The number of benzene rings is 1. The van der Waals surface area contributed by atoms with Crippen LogP contribution in [0.5, 0.6) is 0 Å². The summed E-state index contributed by atoms with van der Waals surface area (Å²) in [4.78, 5) is 25.9. The van der Waals surface area contributed by atoms with Crippen LogP contribution in [-0.4, -0.2) is 54.5 Å². The number of hydrogen-bond donors (Lipinski definition) is 5. The van der Waals surface area contributed by atoms with E-state index in [1.807, 2.05) is 6.92 Å². The van der Waals surface area contributed by atoms with Gasteiger partial charge in [-0.25, -0.2) is 0 Å². The van der Waals surface area contributed by atoms with Crippen LogP contribution in [0.4, 0.5) is 5.69 Å². The molecule has 9 nitrogen and oxygen atoms in total. The molecule has 1 saturated carbocycles. The molecule has 0 bridgehead atoms. The van der Waals surface area contributed by atoms with Crippen molar-refractivity contribution in [2.45, 2.75) is 76.9 Å². The maximum Gasteiger partial charge on any atom is 0.317 e. The maximum atomic E-state index is 13.0. The second-order valence-corrected chi connectivity index (χ2v) is 8.67. The van der Waals surface area contributed by atoms with Gasteiger partial charge in [0.2, 0.25) is 0 Å². The Kier molecular flexibility index (Phi) is 7.53. The Morgan fingerprint density at radius 3 is 2.26 bits per heavy atom. The van der Waals surface area contributed by atoms with Gasteiger partial charge in [0.15, 0.2) is 0 Å². The predicted octanol–water partition coefficient (Wildman–Crippen LogP) is 0.0992. The van der Waals surface area contributed by atoms with E-state index in [-0.39, 0.29) is 0 Å². The van der Waals surface area contributed by atoms with Crippen LogP contribution in [0.1, 0.15) is 44.1 Å². The van der Waals surface area contributed by atoms with E-state index < -0.39 is 42.6 Å². The second-order valence-electron chi connectivity index (χ2n) is 8.67. The number of aliphatic hydroxyl groups is 4. The summed E-state index contributed by atoms with van der Waals surface area (Å²) < 4.78 is 2.57. The van der Waals surface area contributed by atoms with E-state index in [0.717, 1.165) is 29.4 Å². The zero-order valence-corrected chi connectivity index (χ0v) is 17.9. The standard InChI is InChI=1S/C22H33N3O6/c1-13-9-16-17(10-15(13)23)25(11-18(27)20(29)19(28)12-26)22(31)21(30)24(16)8-7-14-5-3-2-4-6-14/h9-10,14,18-20,26-29H,2-8,11-12,23H2,1H3/t18-,19+,20-/m0/s1. The lowest BCUT2D eigenvalue weighted by molar-refractivity contribution is -0.0805. The van der Waals surface area contributed by atoms with Crippen molar-refractivity contribution in [3.63, 3.8) is 0 Å². The van der Waals surface area contributed by atoms with Crippen molar-refractivity contribution >= 4 is 16.7 Å². The van der Waals surface area contributed by atoms with Crippen LogP contribution in [0.3, 0.4) is 0 Å². The molecule has 0 aliphatic heterocycles. The monoisotopic (exact) mass is 435 g/mol. The molecule has 0 amide bonds. The first-order valence-corrected chi connectivity index (χ1v) is 10.9. The van der Waals surface area contributed by atoms with Crippen molar-refractivity contribution in [3.8, 4) is 0 Å². The average molecular weight is 436 g/mol. The Labute approximate surface area is 180 Å². The fourth-order valence-electron chi connectivity index (χ4n) is 4.43. The van der Waals surface area contributed by atoms with Crippen LogP contribution in [0.15, 0.2) is 21.7 Å². The number of aromatic nitrogens is 2. The predicted molar refractivity (Wildman–Crippen MR) is 118 cm³/mol. The number of aliphatic hydroxyl groups excluding tert-OH is 4. The van der Waals surface area contributed by atoms with Crippen LogP contribution in [-0.2, 0) is 13.1 Å². The number of rotatable bonds is 8. The van der Waals surface area contributed by atoms with Gasteiger partial charge in [-0.2, -0.15) is 0 Å². The Bertz CT molecular complexity index is 1020. The first-order valence-electron chi connectivity index (χ1n) is 10.9. The summed E-state index contributed by atoms with van der Waals surface area (Å²) in [7, 11) is 0. The molecule has 1 fully saturated rings. The summed E-state index contributed by atoms with van der Waals surface area (Å²) in [6, 6.07) is 3.35. The zero-order valence-electron chi connectivity index (χ0n) is 17.9. The third-order valence-corrected chi connectivity index (χ3v) is 6.45. The molecule has 0 saturated heterocycles. The average Bonchev–Trinajstić information content (AvgIpc) is 2.77. The van der Waals surface area contributed by atoms with Crippen LogP contribution in [0.2, 0.25) is 0 Å². The van der Waals surface area contributed by atoms with E-state index in [1.54, 1.807) is 12.1 Å². The quantitative estimate of drug-likeness (QED) is 0.291. The summed E-state index contributed by atoms with van der Waals surface area (Å²) in [5.41, 5.74) is 6.64. The fourth-order valence-corrected chi connectivity index (χ4v) is 4.43. The second kappa shape index (κ2) is 9.95. The Morgan fingerprint density at radius 1 is 1.00 bits per heavy atom. The van der Waals surface area contributed by atoms with Crippen molar-refractivity contribution < 1.29 is 20.4 Å². The van der Waals surface area contributed by atoms with E-state index in [2.05, 4.69) is 0 Å². The number of fused-ring (bicyclic) bond motifs is 1. The molecule has 1 aromatic heterocycles. The van der Waals surface area contributed by atoms with Gasteiger partial charge in [0.25, 0.3) is 0 Å². The summed E-state index contributed by atoms with van der Waals surface area (Å²) in [5, 5.41) is 38.9. The summed E-state index contributed by atoms with van der Waals surface area (Å²) in [6.45, 7) is 1.07. The highest BCUT2D eigenvalue weighted by Gasteiger charge is 2.26. The summed E-state index contributed by atoms with van der Waals surface area (Å²) >= 11 is 0. The largest absolute Gasteiger partial charge is 0.398 e. The molecule has 3 rings (SSSR count). The van der Waals surface area contributed by atoms with Crippen LogP contribution >= 0.6 is 0 Å². The van der Waals surface area contributed by atoms with Gasteiger partial charge in [0, 0.05) is 12.2 Å². The SMILES string of the molecule is Cc1cc2c(cc1N)n(C[C@H](O)[C@H](O)[C@H](O)CO)c(=O)c(=O)n2CCC1CCCCC1. The van der Waals surface area contributed by atoms with Crippen molar-refractivity contribution in [3.05, 3.63) is 38.4 Å². The number of anilines is 1. The molecule has 6 N–H and O–H groups in total. The highest BCUT2D eigenvalue weighted by Crippen LogP contribution is 2.27. The van der Waals surface area contributed by atoms with Crippen LogP contribution < -0.4 is 16.9 Å². The van der Waals surface area contributed by atoms with E-state index in [4.69, 9.17) is 10.8 Å². The highest BCUT2D eigenvalue weighted by molar-refractivity contribution is 5.81. The van der Waals surface area contributed by atoms with Crippen molar-refractivity contribution in [1.29, 1.82) is 0 Å². The Morgan fingerprint density at radius 2 is 1.61 bits per heavy atom. The van der Waals surface area contributed by atoms with Gasteiger partial charge >= 0.3 is 11.1 Å². The van der Waals surface area contributed by atoms with E-state index in [9.17, 15) is 24.9 Å². The molecule has 1 aromatic carbocycles. The van der Waals surface area contributed by atoms with E-state index in [0.29, 0.717) is 29.2 Å². The molecule has 0 unspecified atom stereocenters. The van der Waals surface area contributed by atoms with Crippen LogP contribution in [0.25, 0.3) is 11.0 Å². The maximum absolute atomic E-state index is 13.0. The summed E-state index contributed by atoms with van der Waals surface area (Å²) in [6.07, 6.45) is 1.89. The molecule has 1 aliphatic carbocycles. The smallest absolute Gasteiger partial charge is 0.317 e. The normalized spacial score (nSPS) is 18.2. The van der Waals surface area contributed by atoms with Crippen molar-refractivity contribution in [2.75, 3.05) is 12.3 Å². The van der Waals surface area contributed by atoms with Gasteiger partial charge in [0.1, 0.15) is 18.3 Å². The number of hydrogen-bond acceptors (Lipinski definition) is 7. The van der Waals surface area contributed by atoms with Crippen LogP contribution in [0, 0.1) is 12.8 Å². The minimum Gasteiger partial charge on any atom is -0.398 e. The minimum absolute atomic E-state index is 0.376. The molecule has 31 heavy (non-hydrogen) atoms. The minimum atomic E-state index is -1.68. The number of nitrogens with two attached hydrogens (primary N) is 1. The van der Waals surface area contributed by atoms with E-state index >= 15 is 0 Å². The lowest BCUT2D eigenvalue weighted by Crippen LogP contribution is -2.47. The first-order chi connectivity index (χ1) is 14.7. The number of aryl methyl sites for hydroxylation is 2. The Balaban J connectivity index is 2.03. The highest BCUT2D eigenvalue weighted by atomic mass is 16.4. The fraction of sp³-hybridized carbons (Fsp3) is 0.636. The van der Waals surface area contributed by atoms with Gasteiger partial charge in [0.05, 0.1) is 24.2 Å². The van der Waals surface area contributed by atoms with Crippen molar-refractivity contribution in [1.82, 2.24) is 9.13 Å². The van der Waals surface area contributed by atoms with Gasteiger partial charge in [-0.05, 0) is 37.0 Å². The Hall–Kier alpha value is -2.20. The molecule has 0 radical (unpaired) electrons. The topological polar surface area (TPSA) is 151 Å². The van der Waals surface area contributed by atoms with E-state index in [1.165, 1.54) is 23.8 Å². The van der Waals surface area contributed by atoms with Gasteiger partial charge < -0.3 is 30.7 Å². The molecular weight excluding hydrogens is 402 g/mol. The van der Waals surface area contributed by atoms with Gasteiger partial charge in [-0.3, -0.25) is 14.2 Å². The first kappa shape index (κ1) is 23.5. The lowest BCUT2D eigenvalue weighted by atomic mass is 9.87. The molecular formula is C22H33N3O6. The van der Waals surface area contributed by atoms with Gasteiger partial charge in [-0.15, -0.1) is 0 Å². The molecule has 9 heteroatoms.